The molecule has 0 unspecified atom stereocenters. The second-order valence-electron chi connectivity index (χ2n) is 5.14. The van der Waals surface area contributed by atoms with Gasteiger partial charge in [-0.25, -0.2) is 0 Å². The van der Waals surface area contributed by atoms with Crippen LogP contribution in [0.15, 0.2) is 24.3 Å². The molecule has 94 valence electrons. The highest BCUT2D eigenvalue weighted by molar-refractivity contribution is 9.08. The Morgan fingerprint density at radius 1 is 1.24 bits per heavy atom. The first-order chi connectivity index (χ1) is 8.24. The van der Waals surface area contributed by atoms with Crippen LogP contribution in [0.2, 0.25) is 0 Å². The first-order valence-electron chi connectivity index (χ1n) is 6.63. The zero-order valence-electron chi connectivity index (χ0n) is 10.9. The third-order valence-corrected chi connectivity index (χ3v) is 5.02. The van der Waals surface area contributed by atoms with Crippen LogP contribution in [0, 0.1) is 5.41 Å². The number of hydrogen-bond donors (Lipinski definition) is 0. The molecule has 1 aromatic rings. The fourth-order valence-electron chi connectivity index (χ4n) is 2.90. The van der Waals surface area contributed by atoms with E-state index in [1.54, 1.807) is 0 Å². The molecule has 0 aromatic heterocycles. The molecule has 0 bridgehead atoms. The van der Waals surface area contributed by atoms with Crippen molar-refractivity contribution in [3.8, 4) is 0 Å². The molecule has 0 saturated carbocycles. The minimum Gasteiger partial charge on any atom is -0.371 e. The van der Waals surface area contributed by atoms with Crippen molar-refractivity contribution >= 4 is 21.6 Å². The maximum atomic E-state index is 3.59. The Balaban J connectivity index is 2.20. The summed E-state index contributed by atoms with van der Waals surface area (Å²) in [5.74, 6) is 0. The van der Waals surface area contributed by atoms with Crippen LogP contribution in [0.4, 0.5) is 5.69 Å². The van der Waals surface area contributed by atoms with Gasteiger partial charge in [0, 0.05) is 24.1 Å². The van der Waals surface area contributed by atoms with E-state index in [1.807, 2.05) is 0 Å². The first kappa shape index (κ1) is 12.9. The topological polar surface area (TPSA) is 3.24 Å². The summed E-state index contributed by atoms with van der Waals surface area (Å²) in [6.45, 7) is 7.11. The van der Waals surface area contributed by atoms with Crippen molar-refractivity contribution in [1.82, 2.24) is 0 Å². The minimum atomic E-state index is 0.555. The number of nitrogens with zero attached hydrogens (tertiary/aromatic N) is 1. The number of halogens is 1. The van der Waals surface area contributed by atoms with Crippen LogP contribution in [0.5, 0.6) is 0 Å². The molecular formula is C15H22BrN. The van der Waals surface area contributed by atoms with Gasteiger partial charge in [0.15, 0.2) is 0 Å². The van der Waals surface area contributed by atoms with Gasteiger partial charge in [-0.15, -0.1) is 0 Å². The number of benzene rings is 1. The lowest BCUT2D eigenvalue weighted by molar-refractivity contribution is 0.301. The number of hydrogen-bond acceptors (Lipinski definition) is 1. The lowest BCUT2D eigenvalue weighted by atomic mass is 9.82. The Morgan fingerprint density at radius 3 is 2.53 bits per heavy atom. The third kappa shape index (κ3) is 2.52. The quantitative estimate of drug-likeness (QED) is 0.734. The van der Waals surface area contributed by atoms with Crippen LogP contribution in [0.1, 0.15) is 38.7 Å². The smallest absolute Gasteiger partial charge is 0.0407 e. The highest BCUT2D eigenvalue weighted by atomic mass is 79.9. The standard InChI is InChI=1S/C15H22BrN/c1-3-15(4-2)9-10-17(12-15)14-8-6-5-7-13(14)11-16/h5-8H,3-4,9-12H2,1-2H3. The van der Waals surface area contributed by atoms with E-state index in [0.29, 0.717) is 5.41 Å². The largest absolute Gasteiger partial charge is 0.371 e. The summed E-state index contributed by atoms with van der Waals surface area (Å²) in [4.78, 5) is 2.57. The summed E-state index contributed by atoms with van der Waals surface area (Å²) in [6.07, 6.45) is 3.95. The lowest BCUT2D eigenvalue weighted by Crippen LogP contribution is -2.26. The van der Waals surface area contributed by atoms with Gasteiger partial charge >= 0.3 is 0 Å². The zero-order chi connectivity index (χ0) is 12.3. The summed E-state index contributed by atoms with van der Waals surface area (Å²) in [5.41, 5.74) is 3.39. The van der Waals surface area contributed by atoms with E-state index in [0.717, 1.165) is 5.33 Å². The first-order valence-corrected chi connectivity index (χ1v) is 7.75. The van der Waals surface area contributed by atoms with Gasteiger partial charge in [0.1, 0.15) is 0 Å². The number of para-hydroxylation sites is 1. The number of rotatable bonds is 4. The van der Waals surface area contributed by atoms with Crippen molar-refractivity contribution in [2.24, 2.45) is 5.41 Å². The van der Waals surface area contributed by atoms with Crippen molar-refractivity contribution < 1.29 is 0 Å². The molecule has 0 radical (unpaired) electrons. The molecular weight excluding hydrogens is 274 g/mol. The third-order valence-electron chi connectivity index (χ3n) is 4.41. The van der Waals surface area contributed by atoms with E-state index < -0.39 is 0 Å². The normalized spacial score (nSPS) is 18.6. The van der Waals surface area contributed by atoms with Gasteiger partial charge in [-0.3, -0.25) is 0 Å². The SMILES string of the molecule is CCC1(CC)CCN(c2ccccc2CBr)C1. The molecule has 0 aliphatic carbocycles. The van der Waals surface area contributed by atoms with E-state index in [2.05, 4.69) is 58.9 Å². The second-order valence-corrected chi connectivity index (χ2v) is 5.70. The average Bonchev–Trinajstić information content (AvgIpc) is 2.83. The molecule has 1 heterocycles. The molecule has 2 heteroatoms. The Morgan fingerprint density at radius 2 is 1.94 bits per heavy atom. The fourth-order valence-corrected chi connectivity index (χ4v) is 3.37. The molecule has 0 atom stereocenters. The molecule has 1 saturated heterocycles. The molecule has 0 N–H and O–H groups in total. The van der Waals surface area contributed by atoms with Gasteiger partial charge in [-0.05, 0) is 36.3 Å². The van der Waals surface area contributed by atoms with Crippen LogP contribution in [-0.4, -0.2) is 13.1 Å². The van der Waals surface area contributed by atoms with Crippen LogP contribution in [0.3, 0.4) is 0 Å². The summed E-state index contributed by atoms with van der Waals surface area (Å²) in [6, 6.07) is 8.77. The van der Waals surface area contributed by atoms with E-state index in [-0.39, 0.29) is 0 Å². The number of alkyl halides is 1. The van der Waals surface area contributed by atoms with Gasteiger partial charge in [0.25, 0.3) is 0 Å². The molecule has 1 aliphatic heterocycles. The average molecular weight is 296 g/mol. The fraction of sp³-hybridized carbons (Fsp3) is 0.600. The van der Waals surface area contributed by atoms with Crippen LogP contribution in [-0.2, 0) is 5.33 Å². The Kier molecular flexibility index (Phi) is 4.13. The van der Waals surface area contributed by atoms with Crippen molar-refractivity contribution in [2.45, 2.75) is 38.4 Å². The molecule has 0 amide bonds. The predicted molar refractivity (Wildman–Crippen MR) is 78.9 cm³/mol. The van der Waals surface area contributed by atoms with Crippen molar-refractivity contribution in [3.05, 3.63) is 29.8 Å². The van der Waals surface area contributed by atoms with E-state index >= 15 is 0 Å². The molecule has 1 aliphatic rings. The molecule has 0 spiro atoms. The number of anilines is 1. The van der Waals surface area contributed by atoms with E-state index in [4.69, 9.17) is 0 Å². The van der Waals surface area contributed by atoms with Gasteiger partial charge in [-0.2, -0.15) is 0 Å². The van der Waals surface area contributed by atoms with Crippen LogP contribution in [0.25, 0.3) is 0 Å². The zero-order valence-corrected chi connectivity index (χ0v) is 12.5. The monoisotopic (exact) mass is 295 g/mol. The van der Waals surface area contributed by atoms with Gasteiger partial charge in [0.05, 0.1) is 0 Å². The Hall–Kier alpha value is -0.500. The predicted octanol–water partition coefficient (Wildman–Crippen LogP) is 4.60. The molecule has 1 fully saturated rings. The van der Waals surface area contributed by atoms with Gasteiger partial charge in [0.2, 0.25) is 0 Å². The summed E-state index contributed by atoms with van der Waals surface area (Å²) >= 11 is 3.59. The van der Waals surface area contributed by atoms with Gasteiger partial charge < -0.3 is 4.90 Å². The highest BCUT2D eigenvalue weighted by Gasteiger charge is 2.35. The van der Waals surface area contributed by atoms with Crippen LogP contribution >= 0.6 is 15.9 Å². The van der Waals surface area contributed by atoms with E-state index in [1.165, 1.54) is 43.6 Å². The minimum absolute atomic E-state index is 0.555. The molecule has 17 heavy (non-hydrogen) atoms. The Bertz CT molecular complexity index is 371. The Labute approximate surface area is 113 Å². The maximum absolute atomic E-state index is 3.59. The van der Waals surface area contributed by atoms with Crippen molar-refractivity contribution in [1.29, 1.82) is 0 Å². The van der Waals surface area contributed by atoms with Crippen molar-refractivity contribution in [3.63, 3.8) is 0 Å². The van der Waals surface area contributed by atoms with Gasteiger partial charge in [-0.1, -0.05) is 48.0 Å². The maximum Gasteiger partial charge on any atom is 0.0407 e. The molecule has 1 nitrogen and oxygen atoms in total. The summed E-state index contributed by atoms with van der Waals surface area (Å²) in [7, 11) is 0. The van der Waals surface area contributed by atoms with Crippen LogP contribution < -0.4 is 4.90 Å². The summed E-state index contributed by atoms with van der Waals surface area (Å²) in [5, 5.41) is 0.949. The molecule has 2 rings (SSSR count). The second kappa shape index (κ2) is 5.43. The van der Waals surface area contributed by atoms with Crippen molar-refractivity contribution in [2.75, 3.05) is 18.0 Å². The van der Waals surface area contributed by atoms with E-state index in [9.17, 15) is 0 Å². The lowest BCUT2D eigenvalue weighted by Gasteiger charge is -2.28. The summed E-state index contributed by atoms with van der Waals surface area (Å²) < 4.78 is 0. The molecule has 1 aromatic carbocycles. The highest BCUT2D eigenvalue weighted by Crippen LogP contribution is 2.40.